The van der Waals surface area contributed by atoms with E-state index in [0.717, 1.165) is 12.1 Å². The van der Waals surface area contributed by atoms with Crippen molar-refractivity contribution in [1.82, 2.24) is 0 Å². The van der Waals surface area contributed by atoms with E-state index in [1.165, 1.54) is 12.1 Å². The lowest BCUT2D eigenvalue weighted by Gasteiger charge is -2.06. The Kier molecular flexibility index (Phi) is 3.45. The van der Waals surface area contributed by atoms with Crippen molar-refractivity contribution in [2.75, 3.05) is 5.32 Å². The summed E-state index contributed by atoms with van der Waals surface area (Å²) in [4.78, 5) is 12.0. The monoisotopic (exact) mass is 323 g/mol. The maximum Gasteiger partial charge on any atom is 0.416 e. The molecule has 0 spiro atoms. The number of rotatable bonds is 1. The van der Waals surface area contributed by atoms with Crippen molar-refractivity contribution >= 4 is 34.8 Å². The third kappa shape index (κ3) is 2.72. The number of benzene rings is 2. The molecular weight excluding hydrogens is 315 g/mol. The van der Waals surface area contributed by atoms with E-state index in [2.05, 4.69) is 5.32 Å². The lowest BCUT2D eigenvalue weighted by Crippen LogP contribution is -2.04. The maximum atomic E-state index is 12.5. The second-order valence-electron chi connectivity index (χ2n) is 4.82. The first-order chi connectivity index (χ1) is 10.3. The van der Waals surface area contributed by atoms with Gasteiger partial charge in [0.1, 0.15) is 0 Å². The molecule has 3 rings (SSSR count). The molecule has 0 aromatic heterocycles. The molecule has 1 N–H and O–H groups in total. The van der Waals surface area contributed by atoms with Crippen LogP contribution in [0.25, 0.3) is 11.6 Å². The number of nitrogens with one attached hydrogen (secondary N) is 1. The van der Waals surface area contributed by atoms with Gasteiger partial charge < -0.3 is 5.32 Å². The van der Waals surface area contributed by atoms with Crippen LogP contribution in [0, 0.1) is 0 Å². The molecule has 1 aliphatic rings. The summed E-state index contributed by atoms with van der Waals surface area (Å²) in [7, 11) is 0. The lowest BCUT2D eigenvalue weighted by molar-refractivity contribution is -0.137. The summed E-state index contributed by atoms with van der Waals surface area (Å²) >= 11 is 5.86. The van der Waals surface area contributed by atoms with Gasteiger partial charge in [0.05, 0.1) is 11.3 Å². The van der Waals surface area contributed by atoms with Gasteiger partial charge in [0.15, 0.2) is 0 Å². The number of alkyl halides is 3. The molecule has 1 heterocycles. The Bertz CT molecular complexity index is 779. The van der Waals surface area contributed by atoms with E-state index in [9.17, 15) is 18.0 Å². The van der Waals surface area contributed by atoms with Gasteiger partial charge in [0.25, 0.3) is 5.91 Å². The van der Waals surface area contributed by atoms with Crippen molar-refractivity contribution in [2.24, 2.45) is 0 Å². The van der Waals surface area contributed by atoms with E-state index >= 15 is 0 Å². The minimum atomic E-state index is -4.38. The van der Waals surface area contributed by atoms with E-state index < -0.39 is 11.7 Å². The largest absolute Gasteiger partial charge is 0.416 e. The smallest absolute Gasteiger partial charge is 0.321 e. The van der Waals surface area contributed by atoms with E-state index in [0.29, 0.717) is 27.4 Å². The zero-order valence-corrected chi connectivity index (χ0v) is 11.8. The standard InChI is InChI=1S/C16H9ClF3NO/c17-11-5-6-12-13(15(22)21-14(12)8-11)7-9-1-3-10(4-2-9)16(18,19)20/h1-8H,(H,21,22)/b13-7-. The number of anilines is 1. The fraction of sp³-hybridized carbons (Fsp3) is 0.0625. The predicted octanol–water partition coefficient (Wildman–Crippen LogP) is 4.85. The van der Waals surface area contributed by atoms with Crippen LogP contribution in [0.4, 0.5) is 18.9 Å². The number of halogens is 4. The van der Waals surface area contributed by atoms with Crippen LogP contribution >= 0.6 is 11.6 Å². The van der Waals surface area contributed by atoms with Gasteiger partial charge in [-0.25, -0.2) is 0 Å². The molecule has 112 valence electrons. The van der Waals surface area contributed by atoms with Gasteiger partial charge in [-0.3, -0.25) is 4.79 Å². The quantitative estimate of drug-likeness (QED) is 0.747. The summed E-state index contributed by atoms with van der Waals surface area (Å²) in [5, 5.41) is 3.17. The van der Waals surface area contributed by atoms with Gasteiger partial charge >= 0.3 is 6.18 Å². The van der Waals surface area contributed by atoms with Crippen LogP contribution in [0.1, 0.15) is 16.7 Å². The molecule has 1 aliphatic heterocycles. The number of hydrogen-bond acceptors (Lipinski definition) is 1. The highest BCUT2D eigenvalue weighted by molar-refractivity contribution is 6.36. The van der Waals surface area contributed by atoms with E-state index in [-0.39, 0.29) is 5.91 Å². The summed E-state index contributed by atoms with van der Waals surface area (Å²) in [6, 6.07) is 9.62. The first-order valence-electron chi connectivity index (χ1n) is 6.35. The highest BCUT2D eigenvalue weighted by atomic mass is 35.5. The number of fused-ring (bicyclic) bond motifs is 1. The second-order valence-corrected chi connectivity index (χ2v) is 5.26. The summed E-state index contributed by atoms with van der Waals surface area (Å²) in [6.45, 7) is 0. The Hall–Kier alpha value is -2.27. The van der Waals surface area contributed by atoms with Crippen molar-refractivity contribution < 1.29 is 18.0 Å². The summed E-state index contributed by atoms with van der Waals surface area (Å²) in [5.74, 6) is -0.308. The van der Waals surface area contributed by atoms with Gasteiger partial charge in [0, 0.05) is 16.2 Å². The van der Waals surface area contributed by atoms with Crippen molar-refractivity contribution in [3.8, 4) is 0 Å². The topological polar surface area (TPSA) is 29.1 Å². The molecule has 0 radical (unpaired) electrons. The molecule has 0 saturated heterocycles. The van der Waals surface area contributed by atoms with Crippen LogP contribution in [0.2, 0.25) is 5.02 Å². The molecule has 0 fully saturated rings. The maximum absolute atomic E-state index is 12.5. The van der Waals surface area contributed by atoms with Crippen LogP contribution in [0.3, 0.4) is 0 Å². The number of hydrogen-bond donors (Lipinski definition) is 1. The van der Waals surface area contributed by atoms with Crippen molar-refractivity contribution in [3.05, 3.63) is 64.2 Å². The summed E-state index contributed by atoms with van der Waals surface area (Å²) in [6.07, 6.45) is -2.82. The first-order valence-corrected chi connectivity index (χ1v) is 6.72. The summed E-state index contributed by atoms with van der Waals surface area (Å²) < 4.78 is 37.6. The average molecular weight is 324 g/mol. The zero-order chi connectivity index (χ0) is 15.9. The molecule has 2 aromatic carbocycles. The van der Waals surface area contributed by atoms with Crippen LogP contribution < -0.4 is 5.32 Å². The molecule has 2 aromatic rings. The molecule has 0 saturated carbocycles. The van der Waals surface area contributed by atoms with Crippen molar-refractivity contribution in [3.63, 3.8) is 0 Å². The van der Waals surface area contributed by atoms with Gasteiger partial charge in [0.2, 0.25) is 0 Å². The highest BCUT2D eigenvalue weighted by Crippen LogP contribution is 2.35. The van der Waals surface area contributed by atoms with E-state index in [4.69, 9.17) is 11.6 Å². The Morgan fingerprint density at radius 1 is 1.05 bits per heavy atom. The molecule has 0 aliphatic carbocycles. The molecule has 0 bridgehead atoms. The van der Waals surface area contributed by atoms with E-state index in [1.54, 1.807) is 24.3 Å². The van der Waals surface area contributed by atoms with Gasteiger partial charge in [-0.15, -0.1) is 0 Å². The average Bonchev–Trinajstić information content (AvgIpc) is 2.74. The van der Waals surface area contributed by atoms with Crippen LogP contribution in [0.15, 0.2) is 42.5 Å². The van der Waals surface area contributed by atoms with Crippen LogP contribution in [-0.4, -0.2) is 5.91 Å². The number of carbonyl (C=O) groups excluding carboxylic acids is 1. The third-order valence-electron chi connectivity index (χ3n) is 3.31. The zero-order valence-electron chi connectivity index (χ0n) is 11.0. The molecule has 22 heavy (non-hydrogen) atoms. The Morgan fingerprint density at radius 2 is 1.73 bits per heavy atom. The molecule has 0 unspecified atom stereocenters. The van der Waals surface area contributed by atoms with E-state index in [1.807, 2.05) is 0 Å². The second kappa shape index (κ2) is 5.18. The first kappa shape index (κ1) is 14.7. The minimum Gasteiger partial charge on any atom is -0.321 e. The third-order valence-corrected chi connectivity index (χ3v) is 3.55. The van der Waals surface area contributed by atoms with Crippen molar-refractivity contribution in [2.45, 2.75) is 6.18 Å². The van der Waals surface area contributed by atoms with Gasteiger partial charge in [-0.2, -0.15) is 13.2 Å². The Morgan fingerprint density at radius 3 is 2.36 bits per heavy atom. The molecule has 6 heteroatoms. The highest BCUT2D eigenvalue weighted by Gasteiger charge is 2.30. The van der Waals surface area contributed by atoms with Crippen molar-refractivity contribution in [1.29, 1.82) is 0 Å². The minimum absolute atomic E-state index is 0.308. The Balaban J connectivity index is 1.98. The number of amides is 1. The summed E-state index contributed by atoms with van der Waals surface area (Å²) in [5.41, 5.74) is 1.45. The fourth-order valence-electron chi connectivity index (χ4n) is 2.25. The van der Waals surface area contributed by atoms with Crippen LogP contribution in [0.5, 0.6) is 0 Å². The normalized spacial score (nSPS) is 15.8. The van der Waals surface area contributed by atoms with Gasteiger partial charge in [-0.05, 0) is 35.9 Å². The SMILES string of the molecule is O=C1Nc2cc(Cl)ccc2/C1=C/c1ccc(C(F)(F)F)cc1. The fourth-order valence-corrected chi connectivity index (χ4v) is 2.42. The molecule has 2 nitrogen and oxygen atoms in total. The predicted molar refractivity (Wildman–Crippen MR) is 79.4 cm³/mol. The number of carbonyl (C=O) groups is 1. The van der Waals surface area contributed by atoms with Crippen LogP contribution in [-0.2, 0) is 11.0 Å². The van der Waals surface area contributed by atoms with Gasteiger partial charge in [-0.1, -0.05) is 29.8 Å². The lowest BCUT2D eigenvalue weighted by atomic mass is 10.0. The molecular formula is C16H9ClF3NO. The molecule has 1 amide bonds. The Labute approximate surface area is 129 Å². The molecule has 0 atom stereocenters.